The van der Waals surface area contributed by atoms with Crippen LogP contribution in [0.5, 0.6) is 5.75 Å². The Morgan fingerprint density at radius 2 is 1.88 bits per heavy atom. The van der Waals surface area contributed by atoms with Crippen LogP contribution in [0.3, 0.4) is 0 Å². The lowest BCUT2D eigenvalue weighted by Gasteiger charge is -2.36. The Hall–Kier alpha value is -1.75. The van der Waals surface area contributed by atoms with Gasteiger partial charge in [-0.15, -0.1) is 11.6 Å². The summed E-state index contributed by atoms with van der Waals surface area (Å²) in [6, 6.07) is 9.73. The van der Waals surface area contributed by atoms with E-state index in [1.54, 1.807) is 0 Å². The van der Waals surface area contributed by atoms with E-state index in [1.807, 2.05) is 49.1 Å². The second-order valence-corrected chi connectivity index (χ2v) is 7.68. The number of ether oxygens (including phenoxy) is 1. The third kappa shape index (κ3) is 6.20. The molecule has 1 heterocycles. The molecule has 0 radical (unpaired) electrons. The van der Waals surface area contributed by atoms with Gasteiger partial charge in [-0.25, -0.2) is 0 Å². The molecule has 1 fully saturated rings. The number of piperidine rings is 1. The SMILES string of the molecule is CC(C)(CCl)C(=O)N1CCC(NC(=O)CCCOc2ccccc2)CC1. The summed E-state index contributed by atoms with van der Waals surface area (Å²) in [6.07, 6.45) is 2.71. The highest BCUT2D eigenvalue weighted by atomic mass is 35.5. The number of carbonyl (C=O) groups is 2. The number of hydrogen-bond acceptors (Lipinski definition) is 3. The first-order valence-electron chi connectivity index (χ1n) is 9.25. The van der Waals surface area contributed by atoms with Gasteiger partial charge in [-0.2, -0.15) is 0 Å². The van der Waals surface area contributed by atoms with Crippen molar-refractivity contribution in [3.63, 3.8) is 0 Å². The zero-order valence-electron chi connectivity index (χ0n) is 15.7. The molecular weight excluding hydrogens is 352 g/mol. The molecule has 0 aromatic heterocycles. The third-order valence-electron chi connectivity index (χ3n) is 4.62. The number of benzene rings is 1. The van der Waals surface area contributed by atoms with Crippen LogP contribution in [0.2, 0.25) is 0 Å². The molecule has 0 saturated carbocycles. The van der Waals surface area contributed by atoms with Crippen molar-refractivity contribution < 1.29 is 14.3 Å². The highest BCUT2D eigenvalue weighted by molar-refractivity contribution is 6.19. The molecule has 1 aliphatic heterocycles. The summed E-state index contributed by atoms with van der Waals surface area (Å²) >= 11 is 5.89. The van der Waals surface area contributed by atoms with Crippen LogP contribution in [0, 0.1) is 5.41 Å². The second kappa shape index (κ2) is 9.81. The molecule has 5 nitrogen and oxygen atoms in total. The van der Waals surface area contributed by atoms with Crippen LogP contribution in [-0.2, 0) is 9.59 Å². The molecule has 0 spiro atoms. The summed E-state index contributed by atoms with van der Waals surface area (Å²) in [5.74, 6) is 1.28. The van der Waals surface area contributed by atoms with Gasteiger partial charge in [-0.1, -0.05) is 18.2 Å². The zero-order chi connectivity index (χ0) is 19.0. The van der Waals surface area contributed by atoms with Crippen molar-refractivity contribution in [3.05, 3.63) is 30.3 Å². The second-order valence-electron chi connectivity index (χ2n) is 7.42. The molecule has 144 valence electrons. The highest BCUT2D eigenvalue weighted by Gasteiger charge is 2.33. The van der Waals surface area contributed by atoms with Crippen LogP contribution in [0.1, 0.15) is 39.5 Å². The standard InChI is InChI=1S/C20H29ClN2O3/c1-20(2,15-21)19(25)23-12-10-16(11-13-23)22-18(24)9-6-14-26-17-7-4-3-5-8-17/h3-5,7-8,16H,6,9-15H2,1-2H3,(H,22,24). The fourth-order valence-corrected chi connectivity index (χ4v) is 3.07. The Kier molecular flexibility index (Phi) is 7.76. The molecule has 1 aliphatic rings. The summed E-state index contributed by atoms with van der Waals surface area (Å²) < 4.78 is 5.59. The van der Waals surface area contributed by atoms with Crippen LogP contribution in [0.4, 0.5) is 0 Å². The van der Waals surface area contributed by atoms with Gasteiger partial charge in [0, 0.05) is 31.4 Å². The van der Waals surface area contributed by atoms with E-state index in [9.17, 15) is 9.59 Å². The normalized spacial score (nSPS) is 15.6. The fraction of sp³-hybridized carbons (Fsp3) is 0.600. The van der Waals surface area contributed by atoms with Gasteiger partial charge in [0.15, 0.2) is 0 Å². The third-order valence-corrected chi connectivity index (χ3v) is 5.29. The minimum Gasteiger partial charge on any atom is -0.494 e. The number of likely N-dealkylation sites (tertiary alicyclic amines) is 1. The number of halogens is 1. The van der Waals surface area contributed by atoms with Gasteiger partial charge in [0.1, 0.15) is 5.75 Å². The maximum Gasteiger partial charge on any atom is 0.229 e. The van der Waals surface area contributed by atoms with Crippen molar-refractivity contribution in [3.8, 4) is 5.75 Å². The van der Waals surface area contributed by atoms with Gasteiger partial charge >= 0.3 is 0 Å². The predicted octanol–water partition coefficient (Wildman–Crippen LogP) is 3.22. The maximum absolute atomic E-state index is 12.4. The van der Waals surface area contributed by atoms with E-state index in [-0.39, 0.29) is 17.9 Å². The van der Waals surface area contributed by atoms with Crippen molar-refractivity contribution in [2.75, 3.05) is 25.6 Å². The molecule has 6 heteroatoms. The number of carbonyl (C=O) groups excluding carboxylic acids is 2. The Morgan fingerprint density at radius 1 is 1.23 bits per heavy atom. The quantitative estimate of drug-likeness (QED) is 0.556. The Bertz CT molecular complexity index is 584. The molecule has 2 amide bonds. The summed E-state index contributed by atoms with van der Waals surface area (Å²) in [5, 5.41) is 3.07. The first-order valence-corrected chi connectivity index (χ1v) is 9.78. The monoisotopic (exact) mass is 380 g/mol. The Morgan fingerprint density at radius 3 is 2.50 bits per heavy atom. The number of alkyl halides is 1. The summed E-state index contributed by atoms with van der Waals surface area (Å²) in [6.45, 7) is 5.60. The molecule has 1 aromatic rings. The number of para-hydroxylation sites is 1. The maximum atomic E-state index is 12.4. The smallest absolute Gasteiger partial charge is 0.229 e. The Balaban J connectivity index is 1.63. The molecule has 1 saturated heterocycles. The van der Waals surface area contributed by atoms with Crippen molar-refractivity contribution in [1.82, 2.24) is 10.2 Å². The molecule has 0 aliphatic carbocycles. The molecule has 1 N–H and O–H groups in total. The van der Waals surface area contributed by atoms with Crippen LogP contribution in [0.25, 0.3) is 0 Å². The van der Waals surface area contributed by atoms with E-state index in [0.717, 1.165) is 18.6 Å². The molecule has 26 heavy (non-hydrogen) atoms. The molecular formula is C20H29ClN2O3. The molecule has 2 rings (SSSR count). The Labute approximate surface area is 161 Å². The van der Waals surface area contributed by atoms with E-state index in [0.29, 0.717) is 38.4 Å². The van der Waals surface area contributed by atoms with Crippen LogP contribution in [0.15, 0.2) is 30.3 Å². The molecule has 1 aromatic carbocycles. The van der Waals surface area contributed by atoms with E-state index in [1.165, 1.54) is 0 Å². The molecule has 0 unspecified atom stereocenters. The number of rotatable bonds is 8. The number of amides is 2. The van der Waals surface area contributed by atoms with Crippen LogP contribution >= 0.6 is 11.6 Å². The van der Waals surface area contributed by atoms with Gasteiger partial charge in [-0.3, -0.25) is 9.59 Å². The lowest BCUT2D eigenvalue weighted by molar-refractivity contribution is -0.140. The number of nitrogens with one attached hydrogen (secondary N) is 1. The predicted molar refractivity (Wildman–Crippen MR) is 103 cm³/mol. The fourth-order valence-electron chi connectivity index (χ4n) is 2.95. The largest absolute Gasteiger partial charge is 0.494 e. The van der Waals surface area contributed by atoms with Crippen molar-refractivity contribution >= 4 is 23.4 Å². The van der Waals surface area contributed by atoms with E-state index in [4.69, 9.17) is 16.3 Å². The van der Waals surface area contributed by atoms with Gasteiger partial charge in [0.25, 0.3) is 0 Å². The van der Waals surface area contributed by atoms with E-state index >= 15 is 0 Å². The summed E-state index contributed by atoms with van der Waals surface area (Å²) in [5.41, 5.74) is -0.531. The number of nitrogens with zero attached hydrogens (tertiary/aromatic N) is 1. The average molecular weight is 381 g/mol. The average Bonchev–Trinajstić information content (AvgIpc) is 2.66. The lowest BCUT2D eigenvalue weighted by atomic mass is 9.92. The van der Waals surface area contributed by atoms with Crippen molar-refractivity contribution in [2.45, 2.75) is 45.6 Å². The van der Waals surface area contributed by atoms with Gasteiger partial charge in [0.05, 0.1) is 12.0 Å². The van der Waals surface area contributed by atoms with Gasteiger partial charge in [-0.05, 0) is 45.2 Å². The minimum atomic E-state index is -0.531. The summed E-state index contributed by atoms with van der Waals surface area (Å²) in [7, 11) is 0. The lowest BCUT2D eigenvalue weighted by Crippen LogP contribution is -2.50. The van der Waals surface area contributed by atoms with Gasteiger partial charge < -0.3 is 15.0 Å². The van der Waals surface area contributed by atoms with E-state index < -0.39 is 5.41 Å². The first kappa shape index (κ1) is 20.6. The molecule has 0 bridgehead atoms. The topological polar surface area (TPSA) is 58.6 Å². The molecule has 0 atom stereocenters. The van der Waals surface area contributed by atoms with Crippen LogP contribution in [-0.4, -0.2) is 48.3 Å². The van der Waals surface area contributed by atoms with Crippen LogP contribution < -0.4 is 10.1 Å². The van der Waals surface area contributed by atoms with E-state index in [2.05, 4.69) is 5.32 Å². The minimum absolute atomic E-state index is 0.0486. The van der Waals surface area contributed by atoms with Crippen molar-refractivity contribution in [1.29, 1.82) is 0 Å². The number of hydrogen-bond donors (Lipinski definition) is 1. The van der Waals surface area contributed by atoms with Crippen molar-refractivity contribution in [2.24, 2.45) is 5.41 Å². The highest BCUT2D eigenvalue weighted by Crippen LogP contribution is 2.23. The zero-order valence-corrected chi connectivity index (χ0v) is 16.4. The summed E-state index contributed by atoms with van der Waals surface area (Å²) in [4.78, 5) is 26.4. The van der Waals surface area contributed by atoms with Gasteiger partial charge in [0.2, 0.25) is 11.8 Å². The first-order chi connectivity index (χ1) is 12.4.